The van der Waals surface area contributed by atoms with Crippen molar-refractivity contribution in [3.05, 3.63) is 53.0 Å². The van der Waals surface area contributed by atoms with E-state index < -0.39 is 0 Å². The summed E-state index contributed by atoms with van der Waals surface area (Å²) in [7, 11) is 4.04. The van der Waals surface area contributed by atoms with Gasteiger partial charge in [-0.3, -0.25) is 4.79 Å². The van der Waals surface area contributed by atoms with Gasteiger partial charge >= 0.3 is 0 Å². The highest BCUT2D eigenvalue weighted by Gasteiger charge is 2.31. The lowest BCUT2D eigenvalue weighted by atomic mass is 10.0. The van der Waals surface area contributed by atoms with Gasteiger partial charge in [-0.1, -0.05) is 18.2 Å². The van der Waals surface area contributed by atoms with E-state index in [1.54, 1.807) is 0 Å². The lowest BCUT2D eigenvalue weighted by molar-refractivity contribution is 0.0790. The molecule has 0 saturated carbocycles. The molecule has 26 heavy (non-hydrogen) atoms. The topological polar surface area (TPSA) is 61.4 Å². The maximum atomic E-state index is 12.7. The third kappa shape index (κ3) is 3.17. The predicted molar refractivity (Wildman–Crippen MR) is 101 cm³/mol. The monoisotopic (exact) mass is 351 g/mol. The van der Waals surface area contributed by atoms with Crippen molar-refractivity contribution in [3.63, 3.8) is 0 Å². The van der Waals surface area contributed by atoms with Crippen molar-refractivity contribution in [1.82, 2.24) is 19.8 Å². The fourth-order valence-corrected chi connectivity index (χ4v) is 3.88. The highest BCUT2D eigenvalue weighted by Crippen LogP contribution is 2.30. The molecule has 2 aromatic rings. The number of carbonyl (C=O) groups is 1. The van der Waals surface area contributed by atoms with Gasteiger partial charge in [0.15, 0.2) is 0 Å². The predicted octanol–water partition coefficient (Wildman–Crippen LogP) is 2.14. The van der Waals surface area contributed by atoms with Gasteiger partial charge < -0.3 is 15.1 Å². The van der Waals surface area contributed by atoms with E-state index in [0.29, 0.717) is 6.54 Å². The zero-order valence-corrected chi connectivity index (χ0v) is 15.4. The highest BCUT2D eigenvalue weighted by atomic mass is 16.2. The molecule has 1 N–H and O–H groups in total. The van der Waals surface area contributed by atoms with Crippen molar-refractivity contribution >= 4 is 11.7 Å². The third-order valence-electron chi connectivity index (χ3n) is 5.37. The minimum Gasteiger partial charge on any atom is -0.373 e. The number of hydrogen-bond acceptors (Lipinski definition) is 5. The molecule has 1 aromatic heterocycles. The number of aromatic nitrogens is 2. The van der Waals surface area contributed by atoms with Crippen molar-refractivity contribution in [1.29, 1.82) is 0 Å². The number of carbonyl (C=O) groups excluding carboxylic acids is 1. The molecule has 1 amide bonds. The molecular formula is C20H25N5O. The average molecular weight is 351 g/mol. The number of amides is 1. The van der Waals surface area contributed by atoms with Gasteiger partial charge in [-0.05, 0) is 25.6 Å². The van der Waals surface area contributed by atoms with Gasteiger partial charge in [0.05, 0.1) is 5.69 Å². The number of nitrogens with one attached hydrogen (secondary N) is 1. The van der Waals surface area contributed by atoms with Gasteiger partial charge in [-0.25, -0.2) is 9.97 Å². The highest BCUT2D eigenvalue weighted by molar-refractivity contribution is 5.94. The molecule has 3 heterocycles. The van der Waals surface area contributed by atoms with E-state index in [9.17, 15) is 4.79 Å². The molecule has 0 aliphatic carbocycles. The van der Waals surface area contributed by atoms with E-state index in [1.165, 1.54) is 5.56 Å². The number of likely N-dealkylation sites (tertiary alicyclic amines) is 1. The molecule has 1 aromatic carbocycles. The molecule has 1 atom stereocenters. The molecule has 0 bridgehead atoms. The van der Waals surface area contributed by atoms with E-state index in [4.69, 9.17) is 9.97 Å². The first-order valence-electron chi connectivity index (χ1n) is 9.26. The first-order valence-corrected chi connectivity index (χ1v) is 9.26. The normalized spacial score (nSPS) is 20.1. The first-order chi connectivity index (χ1) is 12.7. The Morgan fingerprint density at radius 2 is 2.00 bits per heavy atom. The number of rotatable bonds is 3. The summed E-state index contributed by atoms with van der Waals surface area (Å²) in [6.07, 6.45) is 1.87. The summed E-state index contributed by atoms with van der Waals surface area (Å²) in [5.74, 6) is 2.12. The Kier molecular flexibility index (Phi) is 4.59. The van der Waals surface area contributed by atoms with Crippen molar-refractivity contribution in [2.75, 3.05) is 39.0 Å². The maximum absolute atomic E-state index is 12.7. The van der Waals surface area contributed by atoms with Crippen LogP contribution < -0.4 is 5.32 Å². The van der Waals surface area contributed by atoms with Crippen LogP contribution in [-0.2, 0) is 13.0 Å². The van der Waals surface area contributed by atoms with Crippen molar-refractivity contribution in [2.24, 2.45) is 0 Å². The standard InChI is InChI=1S/C20H25N5O/c1-21-19-16-13-24(2)10-9-17(16)22-18(23-19)15-8-11-25(12-15)20(26)14-6-4-3-5-7-14/h3-7,15H,8-13H2,1-2H3,(H,21,22,23)/t15-/m0/s1. The van der Waals surface area contributed by atoms with Crippen LogP contribution in [0.25, 0.3) is 0 Å². The summed E-state index contributed by atoms with van der Waals surface area (Å²) in [6, 6.07) is 9.50. The number of benzene rings is 1. The lowest BCUT2D eigenvalue weighted by Crippen LogP contribution is -2.30. The van der Waals surface area contributed by atoms with E-state index in [-0.39, 0.29) is 11.8 Å². The Balaban J connectivity index is 1.55. The van der Waals surface area contributed by atoms with Crippen molar-refractivity contribution in [3.8, 4) is 0 Å². The van der Waals surface area contributed by atoms with Gasteiger partial charge in [0.2, 0.25) is 0 Å². The molecule has 4 rings (SSSR count). The van der Waals surface area contributed by atoms with Gasteiger partial charge in [0, 0.05) is 56.7 Å². The molecule has 0 spiro atoms. The second-order valence-corrected chi connectivity index (χ2v) is 7.20. The Hall–Kier alpha value is -2.47. The van der Waals surface area contributed by atoms with E-state index >= 15 is 0 Å². The lowest BCUT2D eigenvalue weighted by Gasteiger charge is -2.26. The molecule has 2 aliphatic heterocycles. The quantitative estimate of drug-likeness (QED) is 0.918. The molecule has 6 heteroatoms. The molecule has 2 aliphatic rings. The first kappa shape index (κ1) is 17.0. The Morgan fingerprint density at radius 3 is 2.77 bits per heavy atom. The van der Waals surface area contributed by atoms with Gasteiger partial charge in [0.1, 0.15) is 11.6 Å². The number of hydrogen-bond donors (Lipinski definition) is 1. The van der Waals surface area contributed by atoms with Crippen molar-refractivity contribution in [2.45, 2.75) is 25.3 Å². The molecule has 0 unspecified atom stereocenters. The number of likely N-dealkylation sites (N-methyl/N-ethyl adjacent to an activating group) is 1. The number of fused-ring (bicyclic) bond motifs is 1. The van der Waals surface area contributed by atoms with Gasteiger partial charge in [-0.2, -0.15) is 0 Å². The van der Waals surface area contributed by atoms with Crippen LogP contribution >= 0.6 is 0 Å². The zero-order valence-electron chi connectivity index (χ0n) is 15.4. The SMILES string of the molecule is CNc1nc([C@H]2CCN(C(=O)c3ccccc3)C2)nc2c1CN(C)CC2. The summed E-state index contributed by atoms with van der Waals surface area (Å²) in [5.41, 5.74) is 3.11. The van der Waals surface area contributed by atoms with E-state index in [0.717, 1.165) is 55.4 Å². The second kappa shape index (κ2) is 7.03. The van der Waals surface area contributed by atoms with Crippen LogP contribution in [0, 0.1) is 0 Å². The van der Waals surface area contributed by atoms with Crippen LogP contribution in [0.1, 0.15) is 39.8 Å². The minimum absolute atomic E-state index is 0.0986. The molecule has 136 valence electrons. The Labute approximate surface area is 154 Å². The third-order valence-corrected chi connectivity index (χ3v) is 5.37. The average Bonchev–Trinajstić information content (AvgIpc) is 3.17. The second-order valence-electron chi connectivity index (χ2n) is 7.20. The fraction of sp³-hybridized carbons (Fsp3) is 0.450. The Morgan fingerprint density at radius 1 is 1.19 bits per heavy atom. The molecule has 1 saturated heterocycles. The van der Waals surface area contributed by atoms with Crippen LogP contribution in [0.2, 0.25) is 0 Å². The smallest absolute Gasteiger partial charge is 0.253 e. The Bertz CT molecular complexity index is 790. The molecule has 6 nitrogen and oxygen atoms in total. The minimum atomic E-state index is 0.0986. The van der Waals surface area contributed by atoms with Crippen LogP contribution in [0.5, 0.6) is 0 Å². The van der Waals surface area contributed by atoms with E-state index in [2.05, 4.69) is 17.3 Å². The van der Waals surface area contributed by atoms with Crippen LogP contribution in [0.15, 0.2) is 30.3 Å². The number of anilines is 1. The largest absolute Gasteiger partial charge is 0.373 e. The fourth-order valence-electron chi connectivity index (χ4n) is 3.88. The molecule has 0 radical (unpaired) electrons. The molecular weight excluding hydrogens is 326 g/mol. The summed E-state index contributed by atoms with van der Waals surface area (Å²) < 4.78 is 0. The van der Waals surface area contributed by atoms with Gasteiger partial charge in [0.25, 0.3) is 5.91 Å². The number of nitrogens with zero attached hydrogens (tertiary/aromatic N) is 4. The van der Waals surface area contributed by atoms with Crippen LogP contribution in [-0.4, -0.2) is 59.4 Å². The summed E-state index contributed by atoms with van der Waals surface area (Å²) >= 11 is 0. The van der Waals surface area contributed by atoms with Crippen LogP contribution in [0.4, 0.5) is 5.82 Å². The van der Waals surface area contributed by atoms with Gasteiger partial charge in [-0.15, -0.1) is 0 Å². The molecule has 1 fully saturated rings. The summed E-state index contributed by atoms with van der Waals surface area (Å²) in [4.78, 5) is 26.6. The van der Waals surface area contributed by atoms with Crippen LogP contribution in [0.3, 0.4) is 0 Å². The zero-order chi connectivity index (χ0) is 18.1. The summed E-state index contributed by atoms with van der Waals surface area (Å²) in [6.45, 7) is 3.36. The maximum Gasteiger partial charge on any atom is 0.253 e. The summed E-state index contributed by atoms with van der Waals surface area (Å²) in [5, 5.41) is 3.24. The van der Waals surface area contributed by atoms with Crippen molar-refractivity contribution < 1.29 is 4.79 Å². The van der Waals surface area contributed by atoms with E-state index in [1.807, 2.05) is 42.3 Å².